The number of nitrogens with one attached hydrogen (secondary N) is 2. The number of carbonyl (C=O) groups excluding carboxylic acids is 1. The van der Waals surface area contributed by atoms with Crippen LogP contribution in [0.2, 0.25) is 0 Å². The molecule has 1 amide bonds. The average molecular weight is 232 g/mol. The Morgan fingerprint density at radius 1 is 1.50 bits per heavy atom. The third-order valence-electron chi connectivity index (χ3n) is 2.58. The van der Waals surface area contributed by atoms with Gasteiger partial charge < -0.3 is 5.32 Å². The molecule has 3 nitrogen and oxygen atoms in total. The number of amides is 1. The summed E-state index contributed by atoms with van der Waals surface area (Å²) in [6, 6.07) is 0.441. The zero-order chi connectivity index (χ0) is 9.97. The lowest BCUT2D eigenvalue weighted by Crippen LogP contribution is -2.46. The Hall–Kier alpha value is 0.130. The molecule has 80 valence electrons. The van der Waals surface area contributed by atoms with Gasteiger partial charge in [-0.1, -0.05) is 6.92 Å². The number of carbonyl (C=O) groups is 1. The highest BCUT2D eigenvalue weighted by Crippen LogP contribution is 2.26. The van der Waals surface area contributed by atoms with Crippen LogP contribution in [0, 0.1) is 0 Å². The van der Waals surface area contributed by atoms with Gasteiger partial charge in [0, 0.05) is 28.7 Å². The van der Waals surface area contributed by atoms with Gasteiger partial charge >= 0.3 is 0 Å². The second-order valence-electron chi connectivity index (χ2n) is 3.86. The summed E-state index contributed by atoms with van der Waals surface area (Å²) in [6.45, 7) is 2.22. The van der Waals surface area contributed by atoms with E-state index in [1.807, 2.05) is 11.8 Å². The Bertz CT molecular complexity index is 219. The number of thioether (sulfide) groups is 2. The Morgan fingerprint density at radius 3 is 2.93 bits per heavy atom. The van der Waals surface area contributed by atoms with E-state index >= 15 is 0 Å². The fourth-order valence-electron chi connectivity index (χ4n) is 1.78. The molecule has 2 heterocycles. The van der Waals surface area contributed by atoms with Crippen LogP contribution in [0.15, 0.2) is 0 Å². The van der Waals surface area contributed by atoms with E-state index in [0.29, 0.717) is 11.3 Å². The lowest BCUT2D eigenvalue weighted by molar-refractivity contribution is -0.122. The smallest absolute Gasteiger partial charge is 0.238 e. The average Bonchev–Trinajstić information content (AvgIpc) is 2.75. The van der Waals surface area contributed by atoms with Crippen LogP contribution in [0.3, 0.4) is 0 Å². The van der Waals surface area contributed by atoms with E-state index in [1.54, 1.807) is 11.8 Å². The van der Waals surface area contributed by atoms with Crippen LogP contribution in [0.5, 0.6) is 0 Å². The summed E-state index contributed by atoms with van der Waals surface area (Å²) in [7, 11) is 0. The third kappa shape index (κ3) is 2.58. The van der Waals surface area contributed by atoms with Gasteiger partial charge in [0.1, 0.15) is 0 Å². The highest BCUT2D eigenvalue weighted by Gasteiger charge is 2.28. The molecule has 2 fully saturated rings. The van der Waals surface area contributed by atoms with Gasteiger partial charge in [-0.25, -0.2) is 0 Å². The van der Waals surface area contributed by atoms with Crippen molar-refractivity contribution >= 4 is 29.4 Å². The Morgan fingerprint density at radius 2 is 2.36 bits per heavy atom. The number of rotatable bonds is 2. The van der Waals surface area contributed by atoms with Crippen LogP contribution in [0.1, 0.15) is 13.3 Å². The summed E-state index contributed by atoms with van der Waals surface area (Å²) in [5.74, 6) is 3.09. The van der Waals surface area contributed by atoms with Crippen LogP contribution < -0.4 is 10.6 Å². The quantitative estimate of drug-likeness (QED) is 0.734. The summed E-state index contributed by atoms with van der Waals surface area (Å²) < 4.78 is 0. The van der Waals surface area contributed by atoms with Crippen molar-refractivity contribution in [2.75, 3.05) is 17.4 Å². The molecule has 0 aliphatic carbocycles. The van der Waals surface area contributed by atoms with Crippen molar-refractivity contribution in [2.45, 2.75) is 30.7 Å². The fraction of sp³-hybridized carbons (Fsp3) is 0.889. The molecule has 0 aromatic carbocycles. The van der Waals surface area contributed by atoms with Crippen LogP contribution >= 0.6 is 23.5 Å². The maximum Gasteiger partial charge on any atom is 0.238 e. The second kappa shape index (κ2) is 4.77. The first-order valence-corrected chi connectivity index (χ1v) is 7.19. The van der Waals surface area contributed by atoms with Crippen molar-refractivity contribution in [3.8, 4) is 0 Å². The molecule has 0 aromatic rings. The van der Waals surface area contributed by atoms with E-state index < -0.39 is 0 Å². The van der Waals surface area contributed by atoms with Crippen LogP contribution in [0.25, 0.3) is 0 Å². The minimum atomic E-state index is 0.0425. The van der Waals surface area contributed by atoms with Crippen molar-refractivity contribution in [3.05, 3.63) is 0 Å². The fourth-order valence-corrected chi connectivity index (χ4v) is 3.87. The van der Waals surface area contributed by atoms with Crippen LogP contribution in [0.4, 0.5) is 0 Å². The van der Waals surface area contributed by atoms with Crippen molar-refractivity contribution in [2.24, 2.45) is 0 Å². The molecule has 2 N–H and O–H groups in total. The van der Waals surface area contributed by atoms with Crippen LogP contribution in [-0.4, -0.2) is 40.6 Å². The molecule has 2 rings (SSSR count). The third-order valence-corrected chi connectivity index (χ3v) is 4.87. The zero-order valence-electron chi connectivity index (χ0n) is 8.29. The topological polar surface area (TPSA) is 41.1 Å². The molecule has 14 heavy (non-hydrogen) atoms. The van der Waals surface area contributed by atoms with Gasteiger partial charge in [-0.2, -0.15) is 11.8 Å². The zero-order valence-corrected chi connectivity index (χ0v) is 9.92. The van der Waals surface area contributed by atoms with E-state index in [2.05, 4.69) is 17.6 Å². The minimum absolute atomic E-state index is 0.0425. The molecular formula is C9H16N2OS2. The van der Waals surface area contributed by atoms with Gasteiger partial charge in [0.2, 0.25) is 5.91 Å². The Labute approximate surface area is 93.2 Å². The molecule has 3 unspecified atom stereocenters. The monoisotopic (exact) mass is 232 g/mol. The largest absolute Gasteiger partial charge is 0.351 e. The van der Waals surface area contributed by atoms with Gasteiger partial charge in [0.05, 0.1) is 6.04 Å². The summed E-state index contributed by atoms with van der Waals surface area (Å²) in [4.78, 5) is 11.7. The summed E-state index contributed by atoms with van der Waals surface area (Å²) in [5, 5.41) is 7.00. The lowest BCUT2D eigenvalue weighted by atomic mass is 10.2. The molecule has 0 aromatic heterocycles. The van der Waals surface area contributed by atoms with Crippen molar-refractivity contribution in [3.63, 3.8) is 0 Å². The van der Waals surface area contributed by atoms with E-state index in [-0.39, 0.29) is 11.9 Å². The van der Waals surface area contributed by atoms with Crippen molar-refractivity contribution in [1.29, 1.82) is 0 Å². The molecule has 0 bridgehead atoms. The van der Waals surface area contributed by atoms with E-state index in [0.717, 1.165) is 23.8 Å². The molecule has 2 saturated heterocycles. The van der Waals surface area contributed by atoms with Gasteiger partial charge in [0.25, 0.3) is 0 Å². The summed E-state index contributed by atoms with van der Waals surface area (Å²) in [6.07, 6.45) is 1.12. The normalized spacial score (nSPS) is 37.4. The predicted octanol–water partition coefficient (Wildman–Crippen LogP) is 0.659. The number of hydrogen-bond acceptors (Lipinski definition) is 4. The Kier molecular flexibility index (Phi) is 3.62. The van der Waals surface area contributed by atoms with E-state index in [9.17, 15) is 4.79 Å². The first kappa shape index (κ1) is 10.6. The first-order valence-electron chi connectivity index (χ1n) is 4.99. The molecule has 0 radical (unpaired) electrons. The maximum absolute atomic E-state index is 11.7. The molecule has 2 aliphatic rings. The first-order chi connectivity index (χ1) is 6.75. The second-order valence-corrected chi connectivity index (χ2v) is 6.36. The molecule has 0 spiro atoms. The summed E-state index contributed by atoms with van der Waals surface area (Å²) in [5.41, 5.74) is 0. The van der Waals surface area contributed by atoms with E-state index in [1.165, 1.54) is 0 Å². The summed E-state index contributed by atoms with van der Waals surface area (Å²) >= 11 is 3.74. The van der Waals surface area contributed by atoms with Crippen molar-refractivity contribution in [1.82, 2.24) is 10.6 Å². The predicted molar refractivity (Wildman–Crippen MR) is 62.7 cm³/mol. The van der Waals surface area contributed by atoms with Gasteiger partial charge in [-0.15, -0.1) is 11.8 Å². The Balaban J connectivity index is 1.76. The SMILES string of the molecule is CC1CC(NC(=O)C2CSCN2)CS1. The number of hydrogen-bond donors (Lipinski definition) is 2. The standard InChI is InChI=1S/C9H16N2OS2/c1-6-2-7(3-14-6)11-9(12)8-4-13-5-10-8/h6-8,10H,2-5H2,1H3,(H,11,12). The lowest BCUT2D eigenvalue weighted by Gasteiger charge is -2.15. The molecule has 2 aliphatic heterocycles. The maximum atomic E-state index is 11.7. The molecule has 0 saturated carbocycles. The highest BCUT2D eigenvalue weighted by atomic mass is 32.2. The molecular weight excluding hydrogens is 216 g/mol. The molecule has 3 atom stereocenters. The minimum Gasteiger partial charge on any atom is -0.351 e. The van der Waals surface area contributed by atoms with E-state index in [4.69, 9.17) is 0 Å². The van der Waals surface area contributed by atoms with Crippen molar-refractivity contribution < 1.29 is 4.79 Å². The van der Waals surface area contributed by atoms with Crippen LogP contribution in [-0.2, 0) is 4.79 Å². The molecule has 5 heteroatoms. The van der Waals surface area contributed by atoms with Gasteiger partial charge in [-0.3, -0.25) is 10.1 Å². The highest BCUT2D eigenvalue weighted by molar-refractivity contribution is 8.00. The van der Waals surface area contributed by atoms with Gasteiger partial charge in [0.15, 0.2) is 0 Å². The van der Waals surface area contributed by atoms with Gasteiger partial charge in [-0.05, 0) is 6.42 Å².